The van der Waals surface area contributed by atoms with Gasteiger partial charge in [0, 0.05) is 12.0 Å². The highest BCUT2D eigenvalue weighted by atomic mass is 32.2. The first-order valence-electron chi connectivity index (χ1n) is 15.5. The molecular formula is C39H38O7S. The fourth-order valence-electron chi connectivity index (χ4n) is 5.82. The molecule has 4 aliphatic rings. The van der Waals surface area contributed by atoms with Crippen LogP contribution in [0.2, 0.25) is 0 Å². The maximum Gasteiger partial charge on any atom is 0.188 e. The number of hydrogen-bond acceptors (Lipinski definition) is 7. The van der Waals surface area contributed by atoms with E-state index >= 15 is 0 Å². The number of aryl methyl sites for hydroxylation is 5. The van der Waals surface area contributed by atoms with Gasteiger partial charge < -0.3 is 28.8 Å². The lowest BCUT2D eigenvalue weighted by molar-refractivity contribution is 0.0513. The van der Waals surface area contributed by atoms with Crippen molar-refractivity contribution in [1.29, 1.82) is 0 Å². The van der Waals surface area contributed by atoms with Gasteiger partial charge in [-0.05, 0) is 121 Å². The van der Waals surface area contributed by atoms with E-state index in [1.165, 1.54) is 0 Å². The van der Waals surface area contributed by atoms with Crippen LogP contribution in [0.1, 0.15) is 27.8 Å². The SMILES string of the molecule is COCOc1cc2cc(O)c1-c1ccc(OC)cc1CCc1ccc(c(S(=O)c3ccc(C)cc3)c1)Oc1cc(ccc1OC)CC2. The maximum absolute atomic E-state index is 14.1. The Bertz CT molecular complexity index is 1920. The van der Waals surface area contributed by atoms with Crippen LogP contribution in [0.15, 0.2) is 101 Å². The van der Waals surface area contributed by atoms with Gasteiger partial charge in [0.25, 0.3) is 0 Å². The van der Waals surface area contributed by atoms with E-state index < -0.39 is 10.8 Å². The Morgan fingerprint density at radius 3 is 2.23 bits per heavy atom. The fraction of sp³-hybridized carbons (Fsp3) is 0.231. The molecule has 1 unspecified atom stereocenters. The molecule has 1 N–H and O–H groups in total. The molecule has 0 saturated carbocycles. The molecule has 47 heavy (non-hydrogen) atoms. The van der Waals surface area contributed by atoms with Gasteiger partial charge in [-0.15, -0.1) is 0 Å². The number of benzene rings is 5. The van der Waals surface area contributed by atoms with E-state index in [4.69, 9.17) is 23.7 Å². The summed E-state index contributed by atoms with van der Waals surface area (Å²) in [5, 5.41) is 11.5. The third-order valence-electron chi connectivity index (χ3n) is 8.33. The molecule has 242 valence electrons. The first-order valence-corrected chi connectivity index (χ1v) is 16.6. The second-order valence-corrected chi connectivity index (χ2v) is 13.0. The lowest BCUT2D eigenvalue weighted by Crippen LogP contribution is -2.04. The number of rotatable bonds is 7. The lowest BCUT2D eigenvalue weighted by Gasteiger charge is -2.19. The number of methoxy groups -OCH3 is 3. The van der Waals surface area contributed by atoms with Crippen LogP contribution in [0.25, 0.3) is 11.1 Å². The van der Waals surface area contributed by atoms with E-state index in [0.29, 0.717) is 69.8 Å². The Kier molecular flexibility index (Phi) is 9.80. The highest BCUT2D eigenvalue weighted by molar-refractivity contribution is 7.85. The average Bonchev–Trinajstić information content (AvgIpc) is 3.09. The standard InChI is InChI=1S/C39H38O7S/c1-25-5-14-31(15-6-25)47(41)38-22-27-9-12-29-23-30(43-3)13-16-32(29)39-33(40)19-28(21-37(39)45-24-42-2)8-7-26-10-17-34(44-4)36(20-26)46-35(38)18-11-27/h5-6,10-11,13-23,40H,7-9,12,24H2,1-4H3. The molecule has 4 heterocycles. The molecule has 9 rings (SSSR count). The molecular weight excluding hydrogens is 612 g/mol. The summed E-state index contributed by atoms with van der Waals surface area (Å²) in [6, 6.07) is 29.0. The number of ether oxygens (including phenoxy) is 5. The van der Waals surface area contributed by atoms with E-state index in [-0.39, 0.29) is 12.5 Å². The predicted molar refractivity (Wildman–Crippen MR) is 183 cm³/mol. The normalized spacial score (nSPS) is 13.2. The summed E-state index contributed by atoms with van der Waals surface area (Å²) in [6.07, 6.45) is 2.54. The van der Waals surface area contributed by atoms with Crippen LogP contribution in [0.5, 0.6) is 34.5 Å². The summed E-state index contributed by atoms with van der Waals surface area (Å²) >= 11 is 0. The summed E-state index contributed by atoms with van der Waals surface area (Å²) in [7, 11) is 3.31. The Hall–Kier alpha value is -4.79. The maximum atomic E-state index is 14.1. The van der Waals surface area contributed by atoms with Crippen LogP contribution < -0.4 is 18.9 Å². The van der Waals surface area contributed by atoms with Gasteiger partial charge in [-0.25, -0.2) is 4.21 Å². The smallest absolute Gasteiger partial charge is 0.188 e. The van der Waals surface area contributed by atoms with Gasteiger partial charge in [-0.3, -0.25) is 0 Å². The molecule has 0 aromatic heterocycles. The Morgan fingerprint density at radius 2 is 1.47 bits per heavy atom. The zero-order valence-electron chi connectivity index (χ0n) is 27.0. The minimum absolute atomic E-state index is 0.0355. The molecule has 6 bridgehead atoms. The second kappa shape index (κ2) is 14.3. The number of aromatic hydroxyl groups is 1. The van der Waals surface area contributed by atoms with Crippen molar-refractivity contribution in [2.75, 3.05) is 28.1 Å². The zero-order valence-corrected chi connectivity index (χ0v) is 27.8. The first-order chi connectivity index (χ1) is 22.9. The van der Waals surface area contributed by atoms with Crippen molar-refractivity contribution in [1.82, 2.24) is 0 Å². The van der Waals surface area contributed by atoms with E-state index in [9.17, 15) is 9.32 Å². The van der Waals surface area contributed by atoms with Crippen LogP contribution in [0.3, 0.4) is 0 Å². The number of phenols is 1. The topological polar surface area (TPSA) is 83.5 Å². The largest absolute Gasteiger partial charge is 0.507 e. The Balaban J connectivity index is 1.52. The van der Waals surface area contributed by atoms with Gasteiger partial charge in [-0.1, -0.05) is 35.9 Å². The fourth-order valence-corrected chi connectivity index (χ4v) is 7.01. The molecule has 0 radical (unpaired) electrons. The average molecular weight is 651 g/mol. The summed E-state index contributed by atoms with van der Waals surface area (Å²) in [4.78, 5) is 1.27. The Morgan fingerprint density at radius 1 is 0.723 bits per heavy atom. The minimum atomic E-state index is -1.50. The minimum Gasteiger partial charge on any atom is -0.507 e. The van der Waals surface area contributed by atoms with Gasteiger partial charge in [0.15, 0.2) is 18.3 Å². The van der Waals surface area contributed by atoms with Gasteiger partial charge in [0.1, 0.15) is 23.0 Å². The van der Waals surface area contributed by atoms with E-state index in [1.807, 2.05) is 91.9 Å². The number of hydrogen-bond donors (Lipinski definition) is 1. The van der Waals surface area contributed by atoms with Crippen LogP contribution in [-0.2, 0) is 41.2 Å². The molecule has 1 atom stereocenters. The van der Waals surface area contributed by atoms with Gasteiger partial charge in [0.2, 0.25) is 0 Å². The number of phenolic OH excluding ortho intramolecular Hbond substituents is 1. The van der Waals surface area contributed by atoms with Gasteiger partial charge >= 0.3 is 0 Å². The summed E-state index contributed by atoms with van der Waals surface area (Å²) in [5.74, 6) is 2.98. The van der Waals surface area contributed by atoms with Crippen LogP contribution in [0.4, 0.5) is 0 Å². The predicted octanol–water partition coefficient (Wildman–Crippen LogP) is 8.21. The van der Waals surface area contributed by atoms with Crippen LogP contribution in [0, 0.1) is 6.92 Å². The van der Waals surface area contributed by atoms with Crippen LogP contribution >= 0.6 is 0 Å². The van der Waals surface area contributed by atoms with Crippen molar-refractivity contribution in [3.63, 3.8) is 0 Å². The second-order valence-electron chi connectivity index (χ2n) is 11.5. The van der Waals surface area contributed by atoms with E-state index in [2.05, 4.69) is 0 Å². The van der Waals surface area contributed by atoms with Gasteiger partial charge in [-0.2, -0.15) is 0 Å². The summed E-state index contributed by atoms with van der Waals surface area (Å²) in [5.41, 5.74) is 6.41. The molecule has 0 spiro atoms. The van der Waals surface area contributed by atoms with Crippen molar-refractivity contribution in [3.8, 4) is 45.6 Å². The summed E-state index contributed by atoms with van der Waals surface area (Å²) in [6.45, 7) is 2.04. The van der Waals surface area contributed by atoms with Gasteiger partial charge in [0.05, 0.1) is 35.5 Å². The zero-order chi connectivity index (χ0) is 32.9. The van der Waals surface area contributed by atoms with Crippen molar-refractivity contribution in [2.45, 2.75) is 42.4 Å². The Labute approximate surface area is 278 Å². The van der Waals surface area contributed by atoms with Crippen molar-refractivity contribution >= 4 is 10.8 Å². The molecule has 0 amide bonds. The highest BCUT2D eigenvalue weighted by Crippen LogP contribution is 2.43. The van der Waals surface area contributed by atoms with E-state index in [0.717, 1.165) is 33.4 Å². The summed E-state index contributed by atoms with van der Waals surface area (Å²) < 4.78 is 43.2. The lowest BCUT2D eigenvalue weighted by atomic mass is 9.92. The van der Waals surface area contributed by atoms with Crippen molar-refractivity contribution < 1.29 is 33.0 Å². The monoisotopic (exact) mass is 650 g/mol. The molecule has 7 nitrogen and oxygen atoms in total. The van der Waals surface area contributed by atoms with Crippen LogP contribution in [-0.4, -0.2) is 37.4 Å². The highest BCUT2D eigenvalue weighted by Gasteiger charge is 2.21. The third-order valence-corrected chi connectivity index (χ3v) is 9.75. The molecule has 0 fully saturated rings. The molecule has 0 aliphatic carbocycles. The molecule has 5 aromatic carbocycles. The third kappa shape index (κ3) is 7.14. The molecule has 0 saturated heterocycles. The molecule has 4 aliphatic heterocycles. The van der Waals surface area contributed by atoms with Crippen molar-refractivity contribution in [3.05, 3.63) is 119 Å². The van der Waals surface area contributed by atoms with E-state index in [1.54, 1.807) is 27.4 Å². The quantitative estimate of drug-likeness (QED) is 0.178. The molecule has 8 heteroatoms. The van der Waals surface area contributed by atoms with Crippen molar-refractivity contribution in [2.24, 2.45) is 0 Å². The molecule has 5 aromatic rings. The first kappa shape index (κ1) is 32.2.